The van der Waals surface area contributed by atoms with Crippen LogP contribution in [0.1, 0.15) is 18.1 Å². The molecular formula is C17H17F2NOS. The summed E-state index contributed by atoms with van der Waals surface area (Å²) in [6.07, 6.45) is 0. The Kier molecular flexibility index (Phi) is 5.55. The summed E-state index contributed by atoms with van der Waals surface area (Å²) in [6.45, 7) is 4.07. The third-order valence-electron chi connectivity index (χ3n) is 3.15. The number of hydrogen-bond donors (Lipinski definition) is 1. The molecular weight excluding hydrogens is 304 g/mol. The number of hydrogen-bond acceptors (Lipinski definition) is 2. The van der Waals surface area contributed by atoms with Crippen molar-refractivity contribution in [2.24, 2.45) is 0 Å². The summed E-state index contributed by atoms with van der Waals surface area (Å²) >= 11 is 1.00. The fourth-order valence-electron chi connectivity index (χ4n) is 1.85. The van der Waals surface area contributed by atoms with E-state index in [4.69, 9.17) is 0 Å². The number of thioether (sulfide) groups is 1. The van der Waals surface area contributed by atoms with Crippen molar-refractivity contribution >= 4 is 17.7 Å². The first kappa shape index (κ1) is 16.5. The Hall–Kier alpha value is -1.88. The predicted octanol–water partition coefficient (Wildman–Crippen LogP) is 4.07. The fraction of sp³-hybridized carbons (Fsp3) is 0.235. The molecule has 0 aliphatic heterocycles. The van der Waals surface area contributed by atoms with Crippen molar-refractivity contribution in [3.63, 3.8) is 0 Å². The molecule has 5 heteroatoms. The average Bonchev–Trinajstić information content (AvgIpc) is 2.50. The molecule has 0 aromatic heterocycles. The highest BCUT2D eigenvalue weighted by atomic mass is 32.2. The van der Waals surface area contributed by atoms with Gasteiger partial charge in [-0.3, -0.25) is 4.79 Å². The molecule has 116 valence electrons. The molecule has 2 rings (SSSR count). The van der Waals surface area contributed by atoms with Gasteiger partial charge in [-0.05, 0) is 37.6 Å². The number of carbonyl (C=O) groups is 1. The van der Waals surface area contributed by atoms with E-state index in [1.807, 2.05) is 31.2 Å². The summed E-state index contributed by atoms with van der Waals surface area (Å²) in [5.74, 6) is -1.25. The molecule has 22 heavy (non-hydrogen) atoms. The van der Waals surface area contributed by atoms with Crippen molar-refractivity contribution in [3.05, 3.63) is 65.2 Å². The number of rotatable bonds is 5. The Labute approximate surface area is 132 Å². The van der Waals surface area contributed by atoms with Crippen LogP contribution in [0.5, 0.6) is 0 Å². The Morgan fingerprint density at radius 1 is 1.18 bits per heavy atom. The minimum absolute atomic E-state index is 0.137. The summed E-state index contributed by atoms with van der Waals surface area (Å²) in [5.41, 5.74) is 2.15. The number of amides is 1. The topological polar surface area (TPSA) is 29.1 Å². The minimum atomic E-state index is -0.524. The zero-order chi connectivity index (χ0) is 16.1. The van der Waals surface area contributed by atoms with Gasteiger partial charge in [-0.1, -0.05) is 29.8 Å². The zero-order valence-corrected chi connectivity index (χ0v) is 13.2. The van der Waals surface area contributed by atoms with E-state index in [2.05, 4.69) is 5.32 Å². The average molecular weight is 321 g/mol. The lowest BCUT2D eigenvalue weighted by atomic mass is 10.1. The number of carbonyl (C=O) groups excluding carboxylic acids is 1. The third kappa shape index (κ3) is 4.56. The van der Waals surface area contributed by atoms with Crippen LogP contribution in [0, 0.1) is 18.6 Å². The van der Waals surface area contributed by atoms with Crippen LogP contribution >= 0.6 is 11.8 Å². The maximum atomic E-state index is 13.6. The van der Waals surface area contributed by atoms with Crippen molar-refractivity contribution in [2.75, 3.05) is 0 Å². The van der Waals surface area contributed by atoms with Crippen molar-refractivity contribution < 1.29 is 13.6 Å². The highest BCUT2D eigenvalue weighted by Crippen LogP contribution is 2.26. The smallest absolute Gasteiger partial charge is 0.233 e. The lowest BCUT2D eigenvalue weighted by Crippen LogP contribution is -2.30. The minimum Gasteiger partial charge on any atom is -0.351 e. The van der Waals surface area contributed by atoms with Crippen LogP contribution in [0.25, 0.3) is 0 Å². The Bertz CT molecular complexity index is 658. The van der Waals surface area contributed by atoms with Crippen LogP contribution in [-0.2, 0) is 11.3 Å². The van der Waals surface area contributed by atoms with Gasteiger partial charge < -0.3 is 5.32 Å². The summed E-state index contributed by atoms with van der Waals surface area (Å²) in [7, 11) is 0. The maximum absolute atomic E-state index is 13.6. The lowest BCUT2D eigenvalue weighted by molar-refractivity contribution is -0.120. The van der Waals surface area contributed by atoms with Gasteiger partial charge in [0.15, 0.2) is 0 Å². The standard InChI is InChI=1S/C17H17F2NOS/c1-11-3-5-13(6-4-11)10-20-17(21)12(2)22-16-9-14(18)7-8-15(16)19/h3-9,12H,10H2,1-2H3,(H,20,21)/t12-/m0/s1. The quantitative estimate of drug-likeness (QED) is 0.841. The van der Waals surface area contributed by atoms with Crippen LogP contribution < -0.4 is 5.32 Å². The molecule has 0 spiro atoms. The molecule has 1 N–H and O–H groups in total. The van der Waals surface area contributed by atoms with Gasteiger partial charge in [0, 0.05) is 11.4 Å². The maximum Gasteiger partial charge on any atom is 0.233 e. The van der Waals surface area contributed by atoms with Crippen LogP contribution in [0.2, 0.25) is 0 Å². The molecule has 0 heterocycles. The van der Waals surface area contributed by atoms with E-state index in [0.717, 1.165) is 41.1 Å². The van der Waals surface area contributed by atoms with Crippen molar-refractivity contribution in [3.8, 4) is 0 Å². The van der Waals surface area contributed by atoms with Gasteiger partial charge in [0.1, 0.15) is 11.6 Å². The number of halogens is 2. The second-order valence-corrected chi connectivity index (χ2v) is 6.42. The SMILES string of the molecule is Cc1ccc(CNC(=O)[C@H](C)Sc2cc(F)ccc2F)cc1. The second kappa shape index (κ2) is 7.40. The largest absolute Gasteiger partial charge is 0.351 e. The molecule has 0 saturated heterocycles. The van der Waals surface area contributed by atoms with Crippen LogP contribution in [0.15, 0.2) is 47.4 Å². The first-order valence-corrected chi connectivity index (χ1v) is 7.78. The number of aryl methyl sites for hydroxylation is 1. The Morgan fingerprint density at radius 2 is 1.86 bits per heavy atom. The molecule has 0 aliphatic carbocycles. The lowest BCUT2D eigenvalue weighted by Gasteiger charge is -2.12. The molecule has 2 aromatic carbocycles. The third-order valence-corrected chi connectivity index (χ3v) is 4.29. The molecule has 0 aliphatic rings. The van der Waals surface area contributed by atoms with E-state index < -0.39 is 16.9 Å². The van der Waals surface area contributed by atoms with Crippen LogP contribution in [0.3, 0.4) is 0 Å². The normalized spacial score (nSPS) is 12.0. The van der Waals surface area contributed by atoms with Crippen molar-refractivity contribution in [1.29, 1.82) is 0 Å². The van der Waals surface area contributed by atoms with Crippen molar-refractivity contribution in [2.45, 2.75) is 30.5 Å². The van der Waals surface area contributed by atoms with E-state index in [1.165, 1.54) is 0 Å². The van der Waals surface area contributed by atoms with Crippen molar-refractivity contribution in [1.82, 2.24) is 5.32 Å². The molecule has 0 saturated carbocycles. The van der Waals surface area contributed by atoms with Gasteiger partial charge in [0.05, 0.1) is 5.25 Å². The number of benzene rings is 2. The summed E-state index contributed by atoms with van der Waals surface area (Å²) in [4.78, 5) is 12.2. The van der Waals surface area contributed by atoms with Gasteiger partial charge >= 0.3 is 0 Å². The highest BCUT2D eigenvalue weighted by Gasteiger charge is 2.16. The van der Waals surface area contributed by atoms with Gasteiger partial charge in [-0.25, -0.2) is 8.78 Å². The van der Waals surface area contributed by atoms with Gasteiger partial charge in [-0.15, -0.1) is 11.8 Å². The van der Waals surface area contributed by atoms with Gasteiger partial charge in [0.25, 0.3) is 0 Å². The molecule has 1 atom stereocenters. The van der Waals surface area contributed by atoms with E-state index in [9.17, 15) is 13.6 Å². The molecule has 2 nitrogen and oxygen atoms in total. The summed E-state index contributed by atoms with van der Waals surface area (Å²) < 4.78 is 26.7. The monoisotopic (exact) mass is 321 g/mol. The second-order valence-electron chi connectivity index (χ2n) is 5.04. The van der Waals surface area contributed by atoms with Crippen LogP contribution in [0.4, 0.5) is 8.78 Å². The van der Waals surface area contributed by atoms with E-state index in [1.54, 1.807) is 6.92 Å². The Morgan fingerprint density at radius 3 is 2.55 bits per heavy atom. The molecule has 1 amide bonds. The first-order valence-electron chi connectivity index (χ1n) is 6.90. The highest BCUT2D eigenvalue weighted by molar-refractivity contribution is 8.00. The van der Waals surface area contributed by atoms with E-state index in [-0.39, 0.29) is 10.8 Å². The summed E-state index contributed by atoms with van der Waals surface area (Å²) in [6, 6.07) is 11.1. The molecule has 0 fully saturated rings. The van der Waals surface area contributed by atoms with E-state index in [0.29, 0.717) is 6.54 Å². The Balaban J connectivity index is 1.91. The fourth-order valence-corrected chi connectivity index (χ4v) is 2.78. The molecule has 0 bridgehead atoms. The first-order chi connectivity index (χ1) is 10.5. The van der Waals surface area contributed by atoms with Gasteiger partial charge in [0.2, 0.25) is 5.91 Å². The number of nitrogens with one attached hydrogen (secondary N) is 1. The van der Waals surface area contributed by atoms with E-state index >= 15 is 0 Å². The predicted molar refractivity (Wildman–Crippen MR) is 84.7 cm³/mol. The summed E-state index contributed by atoms with van der Waals surface area (Å²) in [5, 5.41) is 2.28. The zero-order valence-electron chi connectivity index (χ0n) is 12.4. The molecule has 2 aromatic rings. The van der Waals surface area contributed by atoms with Crippen LogP contribution in [-0.4, -0.2) is 11.2 Å². The molecule has 0 radical (unpaired) electrons. The molecule has 0 unspecified atom stereocenters. The van der Waals surface area contributed by atoms with Gasteiger partial charge in [-0.2, -0.15) is 0 Å².